The Morgan fingerprint density at radius 2 is 1.33 bits per heavy atom. The summed E-state index contributed by atoms with van der Waals surface area (Å²) >= 11 is 0. The van der Waals surface area contributed by atoms with Gasteiger partial charge in [0.05, 0.1) is 52.7 Å². The lowest BCUT2D eigenvalue weighted by molar-refractivity contribution is -0.139. The van der Waals surface area contributed by atoms with Crippen molar-refractivity contribution >= 4 is 47.0 Å². The zero-order valence-electron chi connectivity index (χ0n) is 30.0. The van der Waals surface area contributed by atoms with Crippen molar-refractivity contribution in [3.05, 3.63) is 77.9 Å². The minimum atomic E-state index is -1.03. The predicted molar refractivity (Wildman–Crippen MR) is 194 cm³/mol. The molecule has 0 bridgehead atoms. The molecule has 2 aromatic carbocycles. The fourth-order valence-electron chi connectivity index (χ4n) is 5.52. The predicted octanol–water partition coefficient (Wildman–Crippen LogP) is -1.43. The van der Waals surface area contributed by atoms with Crippen LogP contribution in [0.2, 0.25) is 0 Å². The molecule has 2 aromatic rings. The van der Waals surface area contributed by atoms with E-state index in [4.69, 9.17) is 9.47 Å². The van der Waals surface area contributed by atoms with Crippen molar-refractivity contribution in [3.63, 3.8) is 0 Å². The number of hydrogen-bond acceptors (Lipinski definition) is 11. The van der Waals surface area contributed by atoms with Gasteiger partial charge in [-0.3, -0.25) is 43.4 Å². The van der Waals surface area contributed by atoms with E-state index in [1.165, 1.54) is 12.2 Å². The summed E-state index contributed by atoms with van der Waals surface area (Å²) in [5.41, 5.74) is 1.96. The second-order valence-electron chi connectivity index (χ2n) is 12.5. The maximum Gasteiger partial charge on any atom is 0.253 e. The van der Waals surface area contributed by atoms with E-state index in [9.17, 15) is 38.7 Å². The fraction of sp³-hybridized carbons (Fsp3) is 0.432. The highest BCUT2D eigenvalue weighted by molar-refractivity contribution is 6.13. The third-order valence-electron chi connectivity index (χ3n) is 8.51. The van der Waals surface area contributed by atoms with Gasteiger partial charge in [0.1, 0.15) is 6.04 Å². The number of ether oxygens (including phenoxy) is 2. The minimum Gasteiger partial charge on any atom is -0.392 e. The topological polar surface area (TPSA) is 216 Å². The number of aliphatic hydroxyl groups is 1. The highest BCUT2D eigenvalue weighted by Gasteiger charge is 2.26. The summed E-state index contributed by atoms with van der Waals surface area (Å²) in [7, 11) is 0. The van der Waals surface area contributed by atoms with Gasteiger partial charge in [-0.15, -0.1) is 0 Å². The average Bonchev–Trinajstić information content (AvgIpc) is 3.49. The second kappa shape index (κ2) is 21.9. The molecule has 1 saturated heterocycles. The summed E-state index contributed by atoms with van der Waals surface area (Å²) < 4.78 is 11.4. The number of carbonyl (C=O) groups excluding carboxylic acids is 7. The van der Waals surface area contributed by atoms with Gasteiger partial charge in [0.25, 0.3) is 11.8 Å². The Bertz CT molecular complexity index is 1610. The number of amides is 7. The molecule has 0 saturated carbocycles. The standard InChI is InChI=1S/C37H47N7O10/c45-26-28-6-8-29(9-7-28)40-31(46)24-39-37(52)30(22-27-4-2-1-3-5-27)41-32(47)23-38-33(48)25-42-14-18-53-20-16-43(17-21-54-19-15-42)34(49)12-13-44-35(50)10-11-36(44)51/h1-11,30,45H,12-26H2,(H,38,48)(H,39,52)(H,40,46)(H,41,47)/t30-/m0/s1. The van der Waals surface area contributed by atoms with Crippen molar-refractivity contribution in [1.82, 2.24) is 30.7 Å². The van der Waals surface area contributed by atoms with Crippen molar-refractivity contribution in [1.29, 1.82) is 0 Å². The molecule has 0 spiro atoms. The van der Waals surface area contributed by atoms with E-state index in [0.29, 0.717) is 24.3 Å². The first-order valence-corrected chi connectivity index (χ1v) is 17.7. The molecule has 4 rings (SSSR count). The molecule has 1 fully saturated rings. The Morgan fingerprint density at radius 1 is 0.722 bits per heavy atom. The molecule has 2 aliphatic heterocycles. The molecule has 5 N–H and O–H groups in total. The molecule has 54 heavy (non-hydrogen) atoms. The number of hydrogen-bond donors (Lipinski definition) is 5. The van der Waals surface area contributed by atoms with Crippen LogP contribution in [0, 0.1) is 0 Å². The Balaban J connectivity index is 1.19. The molecular formula is C37H47N7O10. The number of nitrogens with zero attached hydrogens (tertiary/aromatic N) is 3. The van der Waals surface area contributed by atoms with Crippen LogP contribution in [0.1, 0.15) is 17.5 Å². The van der Waals surface area contributed by atoms with Gasteiger partial charge in [-0.1, -0.05) is 42.5 Å². The SMILES string of the molecule is O=C(CN1CCOCCN(C(=O)CCN2C(=O)C=CC2=O)CCOCC1)NCC(=O)N[C@@H](Cc1ccccc1)C(=O)NCC(=O)Nc1ccc(CO)cc1. The summed E-state index contributed by atoms with van der Waals surface area (Å²) in [6.07, 6.45) is 2.49. The van der Waals surface area contributed by atoms with Crippen LogP contribution in [0.25, 0.3) is 0 Å². The van der Waals surface area contributed by atoms with Gasteiger partial charge in [0, 0.05) is 63.4 Å². The van der Waals surface area contributed by atoms with E-state index in [1.54, 1.807) is 53.4 Å². The zero-order chi connectivity index (χ0) is 38.7. The summed E-state index contributed by atoms with van der Waals surface area (Å²) in [5.74, 6) is -3.19. The van der Waals surface area contributed by atoms with Crippen molar-refractivity contribution in [2.45, 2.75) is 25.5 Å². The van der Waals surface area contributed by atoms with Gasteiger partial charge in [0.2, 0.25) is 29.5 Å². The molecule has 0 aliphatic carbocycles. The number of nitrogens with one attached hydrogen (secondary N) is 4. The zero-order valence-corrected chi connectivity index (χ0v) is 30.0. The normalized spacial score (nSPS) is 16.2. The number of carbonyl (C=O) groups is 7. The van der Waals surface area contributed by atoms with Crippen LogP contribution in [-0.4, -0.2) is 146 Å². The molecule has 17 heteroatoms. The molecule has 0 radical (unpaired) electrons. The van der Waals surface area contributed by atoms with Crippen LogP contribution in [0.15, 0.2) is 66.7 Å². The maximum atomic E-state index is 13.1. The van der Waals surface area contributed by atoms with Gasteiger partial charge in [-0.2, -0.15) is 0 Å². The monoisotopic (exact) mass is 749 g/mol. The Hall–Kier alpha value is -5.49. The van der Waals surface area contributed by atoms with E-state index >= 15 is 0 Å². The highest BCUT2D eigenvalue weighted by atomic mass is 16.5. The van der Waals surface area contributed by atoms with E-state index in [2.05, 4.69) is 21.3 Å². The maximum absolute atomic E-state index is 13.1. The molecule has 17 nitrogen and oxygen atoms in total. The average molecular weight is 750 g/mol. The lowest BCUT2D eigenvalue weighted by Crippen LogP contribution is -2.52. The largest absolute Gasteiger partial charge is 0.392 e. The molecule has 7 amide bonds. The van der Waals surface area contributed by atoms with Crippen molar-refractivity contribution in [3.8, 4) is 0 Å². The summed E-state index contributed by atoms with van der Waals surface area (Å²) in [4.78, 5) is 92.1. The lowest BCUT2D eigenvalue weighted by atomic mass is 10.1. The molecular weight excluding hydrogens is 702 g/mol. The lowest BCUT2D eigenvalue weighted by Gasteiger charge is -2.26. The number of anilines is 1. The highest BCUT2D eigenvalue weighted by Crippen LogP contribution is 2.10. The Labute approximate surface area is 313 Å². The molecule has 1 atom stereocenters. The molecule has 2 heterocycles. The quantitative estimate of drug-likeness (QED) is 0.133. The van der Waals surface area contributed by atoms with Gasteiger partial charge in [-0.25, -0.2) is 0 Å². The van der Waals surface area contributed by atoms with Crippen LogP contribution in [0.5, 0.6) is 0 Å². The Kier molecular flexibility index (Phi) is 16.7. The van der Waals surface area contributed by atoms with Gasteiger partial charge >= 0.3 is 0 Å². The first-order valence-electron chi connectivity index (χ1n) is 17.7. The van der Waals surface area contributed by atoms with Crippen molar-refractivity contribution in [2.75, 3.05) is 84.1 Å². The number of aliphatic hydroxyl groups excluding tert-OH is 1. The number of imide groups is 1. The van der Waals surface area contributed by atoms with Crippen LogP contribution in [0.4, 0.5) is 5.69 Å². The second-order valence-corrected chi connectivity index (χ2v) is 12.5. The summed E-state index contributed by atoms with van der Waals surface area (Å²) in [6.45, 7) is 1.42. The van der Waals surface area contributed by atoms with Crippen LogP contribution >= 0.6 is 0 Å². The van der Waals surface area contributed by atoms with Crippen LogP contribution < -0.4 is 21.3 Å². The number of benzene rings is 2. The molecule has 0 unspecified atom stereocenters. The third kappa shape index (κ3) is 14.1. The van der Waals surface area contributed by atoms with Crippen molar-refractivity contribution in [2.24, 2.45) is 0 Å². The number of rotatable bonds is 15. The molecule has 290 valence electrons. The fourth-order valence-corrected chi connectivity index (χ4v) is 5.52. The van der Waals surface area contributed by atoms with E-state index < -0.39 is 41.5 Å². The van der Waals surface area contributed by atoms with Gasteiger partial charge in [0.15, 0.2) is 0 Å². The van der Waals surface area contributed by atoms with Gasteiger partial charge in [-0.05, 0) is 23.3 Å². The first kappa shape index (κ1) is 41.3. The molecule has 0 aromatic heterocycles. The molecule has 2 aliphatic rings. The first-order chi connectivity index (χ1) is 26.1. The van der Waals surface area contributed by atoms with Crippen LogP contribution in [0.3, 0.4) is 0 Å². The van der Waals surface area contributed by atoms with E-state index in [-0.39, 0.29) is 91.1 Å². The minimum absolute atomic E-state index is 0.00559. The third-order valence-corrected chi connectivity index (χ3v) is 8.51. The van der Waals surface area contributed by atoms with E-state index in [1.807, 2.05) is 11.0 Å². The van der Waals surface area contributed by atoms with Crippen molar-refractivity contribution < 1.29 is 48.1 Å². The smallest absolute Gasteiger partial charge is 0.253 e. The van der Waals surface area contributed by atoms with Gasteiger partial charge < -0.3 is 40.7 Å². The van der Waals surface area contributed by atoms with Crippen LogP contribution in [-0.2, 0) is 56.1 Å². The summed E-state index contributed by atoms with van der Waals surface area (Å²) in [5, 5.41) is 19.7. The summed E-state index contributed by atoms with van der Waals surface area (Å²) in [6, 6.07) is 14.6. The van der Waals surface area contributed by atoms with E-state index in [0.717, 1.165) is 10.5 Å². The Morgan fingerprint density at radius 3 is 1.96 bits per heavy atom.